The maximum absolute atomic E-state index is 12.1. The summed E-state index contributed by atoms with van der Waals surface area (Å²) in [7, 11) is 0. The molecule has 0 aliphatic rings. The van der Waals surface area contributed by atoms with Crippen molar-refractivity contribution in [3.63, 3.8) is 0 Å². The summed E-state index contributed by atoms with van der Waals surface area (Å²) >= 11 is 1.32. The van der Waals surface area contributed by atoms with Gasteiger partial charge in [0.25, 0.3) is 3.70 Å². The lowest BCUT2D eigenvalue weighted by molar-refractivity contribution is -0.390. The molecular formula is C8H4F3IN2O5. The molecule has 1 aromatic heterocycles. The highest BCUT2D eigenvalue weighted by Gasteiger charge is 2.34. The highest BCUT2D eigenvalue weighted by Crippen LogP contribution is 2.31. The average Bonchev–Trinajstić information content (AvgIpc) is 2.19. The zero-order chi connectivity index (χ0) is 14.8. The number of carboxylic acids is 1. The molecule has 0 saturated carbocycles. The Kier molecular flexibility index (Phi) is 4.49. The SMILES string of the molecule is O=C(O)Cc1cc(OC(F)(F)F)c(I)nc1[N+](=O)[O-]. The normalized spacial score (nSPS) is 11.2. The van der Waals surface area contributed by atoms with Crippen molar-refractivity contribution in [2.45, 2.75) is 12.8 Å². The van der Waals surface area contributed by atoms with Gasteiger partial charge in [-0.15, -0.1) is 13.2 Å². The minimum atomic E-state index is -5.00. The van der Waals surface area contributed by atoms with Crippen LogP contribution in [-0.4, -0.2) is 27.3 Å². The minimum absolute atomic E-state index is 0.393. The first-order valence-corrected chi connectivity index (χ1v) is 5.49. The number of carboxylic acid groups (broad SMARTS) is 1. The van der Waals surface area contributed by atoms with E-state index in [1.54, 1.807) is 0 Å². The number of ether oxygens (including phenoxy) is 1. The molecule has 1 heterocycles. The molecule has 1 aromatic rings. The average molecular weight is 392 g/mol. The Morgan fingerprint density at radius 3 is 2.58 bits per heavy atom. The van der Waals surface area contributed by atoms with E-state index in [1.807, 2.05) is 0 Å². The summed E-state index contributed by atoms with van der Waals surface area (Å²) < 4.78 is 39.4. The van der Waals surface area contributed by atoms with Gasteiger partial charge in [-0.2, -0.15) is 0 Å². The molecule has 1 N–H and O–H groups in total. The minimum Gasteiger partial charge on any atom is -0.481 e. The summed E-state index contributed by atoms with van der Waals surface area (Å²) in [6, 6.07) is 0.647. The molecule has 0 radical (unpaired) electrons. The van der Waals surface area contributed by atoms with E-state index < -0.39 is 44.5 Å². The van der Waals surface area contributed by atoms with Gasteiger partial charge in [-0.25, -0.2) is 0 Å². The van der Waals surface area contributed by atoms with E-state index in [-0.39, 0.29) is 0 Å². The second kappa shape index (κ2) is 5.54. The van der Waals surface area contributed by atoms with E-state index in [2.05, 4.69) is 9.72 Å². The van der Waals surface area contributed by atoms with Crippen LogP contribution in [0.1, 0.15) is 5.56 Å². The molecular weight excluding hydrogens is 388 g/mol. The topological polar surface area (TPSA) is 103 Å². The second-order valence-electron chi connectivity index (χ2n) is 3.14. The van der Waals surface area contributed by atoms with Crippen molar-refractivity contribution in [3.05, 3.63) is 25.4 Å². The van der Waals surface area contributed by atoms with Crippen LogP contribution < -0.4 is 4.74 Å². The van der Waals surface area contributed by atoms with Crippen molar-refractivity contribution < 1.29 is 32.7 Å². The Labute approximate surface area is 116 Å². The van der Waals surface area contributed by atoms with Crippen molar-refractivity contribution in [1.82, 2.24) is 4.98 Å². The number of pyridine rings is 1. The lowest BCUT2D eigenvalue weighted by Gasteiger charge is -2.09. The Morgan fingerprint density at radius 1 is 1.58 bits per heavy atom. The largest absolute Gasteiger partial charge is 0.573 e. The van der Waals surface area contributed by atoms with Gasteiger partial charge in [-0.05, 0) is 16.0 Å². The Morgan fingerprint density at radius 2 is 2.16 bits per heavy atom. The number of halogens is 4. The molecule has 0 atom stereocenters. The maximum atomic E-state index is 12.1. The third kappa shape index (κ3) is 4.50. The summed E-state index contributed by atoms with van der Waals surface area (Å²) in [5.74, 6) is -3.04. The van der Waals surface area contributed by atoms with Crippen LogP contribution in [0.5, 0.6) is 5.75 Å². The number of aromatic nitrogens is 1. The lowest BCUT2D eigenvalue weighted by atomic mass is 10.2. The fourth-order valence-corrected chi connectivity index (χ4v) is 1.64. The molecule has 0 aliphatic heterocycles. The first kappa shape index (κ1) is 15.4. The standard InChI is InChI=1S/C8H4F3IN2O5/c9-8(10,11)19-4-1-3(2-5(15)16)7(14(17)18)13-6(4)12/h1H,2H2,(H,15,16). The van der Waals surface area contributed by atoms with Gasteiger partial charge >= 0.3 is 18.1 Å². The smallest absolute Gasteiger partial charge is 0.481 e. The number of hydrogen-bond acceptors (Lipinski definition) is 5. The second-order valence-corrected chi connectivity index (χ2v) is 4.16. The molecule has 7 nitrogen and oxygen atoms in total. The summed E-state index contributed by atoms with van der Waals surface area (Å²) in [5, 5.41) is 19.2. The first-order valence-electron chi connectivity index (χ1n) is 4.41. The van der Waals surface area contributed by atoms with E-state index in [0.717, 1.165) is 0 Å². The zero-order valence-electron chi connectivity index (χ0n) is 8.77. The van der Waals surface area contributed by atoms with E-state index in [4.69, 9.17) is 5.11 Å². The third-order valence-corrected chi connectivity index (χ3v) is 2.51. The molecule has 0 saturated heterocycles. The van der Waals surface area contributed by atoms with Crippen LogP contribution >= 0.6 is 22.6 Å². The predicted octanol–water partition coefficient (Wildman–Crippen LogP) is 2.12. The Bertz CT molecular complexity index is 534. The molecule has 0 aromatic carbocycles. The van der Waals surface area contributed by atoms with Gasteiger partial charge in [0.1, 0.15) is 0 Å². The fourth-order valence-electron chi connectivity index (χ4n) is 1.15. The van der Waals surface area contributed by atoms with E-state index >= 15 is 0 Å². The van der Waals surface area contributed by atoms with Crippen LogP contribution in [0.3, 0.4) is 0 Å². The number of alkyl halides is 3. The highest BCUT2D eigenvalue weighted by atomic mass is 127. The predicted molar refractivity (Wildman–Crippen MR) is 61.6 cm³/mol. The Hall–Kier alpha value is -1.66. The number of rotatable bonds is 4. The van der Waals surface area contributed by atoms with Crippen molar-refractivity contribution in [3.8, 4) is 5.75 Å². The molecule has 19 heavy (non-hydrogen) atoms. The number of carbonyl (C=O) groups is 1. The van der Waals surface area contributed by atoms with Crippen LogP contribution in [0.15, 0.2) is 6.07 Å². The first-order chi connectivity index (χ1) is 8.60. The van der Waals surface area contributed by atoms with Crippen molar-refractivity contribution in [2.75, 3.05) is 0 Å². The quantitative estimate of drug-likeness (QED) is 0.365. The van der Waals surface area contributed by atoms with Crippen LogP contribution in [0, 0.1) is 13.8 Å². The van der Waals surface area contributed by atoms with Crippen molar-refractivity contribution >= 4 is 34.4 Å². The van der Waals surface area contributed by atoms with E-state index in [9.17, 15) is 28.1 Å². The van der Waals surface area contributed by atoms with Crippen molar-refractivity contribution in [1.29, 1.82) is 0 Å². The molecule has 0 spiro atoms. The van der Waals surface area contributed by atoms with Crippen molar-refractivity contribution in [2.24, 2.45) is 0 Å². The van der Waals surface area contributed by atoms with Gasteiger partial charge in [-0.1, -0.05) is 0 Å². The molecule has 0 amide bonds. The van der Waals surface area contributed by atoms with Crippen LogP contribution in [0.2, 0.25) is 0 Å². The summed E-state index contributed by atoms with van der Waals surface area (Å²) in [6.45, 7) is 0. The van der Waals surface area contributed by atoms with Gasteiger partial charge in [0.15, 0.2) is 5.75 Å². The summed E-state index contributed by atoms with van der Waals surface area (Å²) in [6.07, 6.45) is -5.84. The number of nitrogens with zero attached hydrogens (tertiary/aromatic N) is 2. The summed E-state index contributed by atoms with van der Waals surface area (Å²) in [5.41, 5.74) is -0.475. The highest BCUT2D eigenvalue weighted by molar-refractivity contribution is 14.1. The van der Waals surface area contributed by atoms with Crippen LogP contribution in [0.25, 0.3) is 0 Å². The number of aliphatic carboxylic acids is 1. The van der Waals surface area contributed by atoms with Gasteiger partial charge in [-0.3, -0.25) is 4.79 Å². The number of hydrogen-bond donors (Lipinski definition) is 1. The van der Waals surface area contributed by atoms with Gasteiger partial charge in [0, 0.05) is 22.6 Å². The van der Waals surface area contributed by atoms with Gasteiger partial charge < -0.3 is 20.0 Å². The molecule has 0 unspecified atom stereocenters. The molecule has 0 fully saturated rings. The Balaban J connectivity index is 3.29. The molecule has 1 rings (SSSR count). The lowest BCUT2D eigenvalue weighted by Crippen LogP contribution is -2.19. The molecule has 104 valence electrons. The van der Waals surface area contributed by atoms with E-state index in [0.29, 0.717) is 6.07 Å². The van der Waals surface area contributed by atoms with Gasteiger partial charge in [0.05, 0.1) is 12.0 Å². The third-order valence-electron chi connectivity index (χ3n) is 1.74. The van der Waals surface area contributed by atoms with Crippen LogP contribution in [0.4, 0.5) is 19.0 Å². The molecule has 11 heteroatoms. The summed E-state index contributed by atoms with van der Waals surface area (Å²) in [4.78, 5) is 23.5. The maximum Gasteiger partial charge on any atom is 0.573 e. The van der Waals surface area contributed by atoms with Crippen LogP contribution in [-0.2, 0) is 11.2 Å². The molecule has 0 bridgehead atoms. The van der Waals surface area contributed by atoms with Gasteiger partial charge in [0.2, 0.25) is 0 Å². The number of nitro groups is 1. The molecule has 0 aliphatic carbocycles. The zero-order valence-corrected chi connectivity index (χ0v) is 10.9. The van der Waals surface area contributed by atoms with E-state index in [1.165, 1.54) is 22.6 Å². The monoisotopic (exact) mass is 392 g/mol. The fraction of sp³-hybridized carbons (Fsp3) is 0.250.